The molecule has 0 aromatic carbocycles. The highest BCUT2D eigenvalue weighted by Crippen LogP contribution is 2.15. The Balaban J connectivity index is 2.69. The van der Waals surface area contributed by atoms with Crippen LogP contribution < -0.4 is 0 Å². The van der Waals surface area contributed by atoms with Gasteiger partial charge in [-0.05, 0) is 39.5 Å². The van der Waals surface area contributed by atoms with Crippen molar-refractivity contribution in [1.82, 2.24) is 0 Å². The second-order valence-corrected chi connectivity index (χ2v) is 3.50. The lowest BCUT2D eigenvalue weighted by molar-refractivity contribution is 0.738. The molecule has 0 heterocycles. The van der Waals surface area contributed by atoms with Crippen LogP contribution in [0.2, 0.25) is 0 Å². The number of allylic oxidation sites excluding steroid dienone is 6. The van der Waals surface area contributed by atoms with Crippen molar-refractivity contribution in [3.8, 4) is 0 Å². The number of rotatable bonds is 0. The fourth-order valence-corrected chi connectivity index (χ4v) is 1.37. The molecule has 0 atom stereocenters. The molecule has 0 unspecified atom stereocenters. The maximum absolute atomic E-state index is 2.25. The van der Waals surface area contributed by atoms with E-state index in [0.717, 1.165) is 0 Å². The highest BCUT2D eigenvalue weighted by molar-refractivity contribution is 5.25. The minimum Gasteiger partial charge on any atom is -0.0845 e. The van der Waals surface area contributed by atoms with E-state index in [1.807, 2.05) is 0 Å². The largest absolute Gasteiger partial charge is 0.0845 e. The first-order valence-corrected chi connectivity index (χ1v) is 4.80. The van der Waals surface area contributed by atoms with Gasteiger partial charge in [-0.3, -0.25) is 0 Å². The van der Waals surface area contributed by atoms with Gasteiger partial charge in [0.2, 0.25) is 0 Å². The van der Waals surface area contributed by atoms with Gasteiger partial charge in [0.1, 0.15) is 0 Å². The summed E-state index contributed by atoms with van der Waals surface area (Å²) in [5, 5.41) is 0. The van der Waals surface area contributed by atoms with Gasteiger partial charge in [0, 0.05) is 0 Å². The third kappa shape index (κ3) is 3.08. The van der Waals surface area contributed by atoms with Gasteiger partial charge < -0.3 is 0 Å². The second-order valence-electron chi connectivity index (χ2n) is 3.50. The Morgan fingerprint density at radius 1 is 1.08 bits per heavy atom. The predicted molar refractivity (Wildman–Crippen MR) is 55.1 cm³/mol. The summed E-state index contributed by atoms with van der Waals surface area (Å²) in [6, 6.07) is 0. The van der Waals surface area contributed by atoms with Gasteiger partial charge in [-0.25, -0.2) is 0 Å². The Hall–Kier alpha value is -0.780. The molecule has 66 valence electrons. The van der Waals surface area contributed by atoms with Crippen LogP contribution in [0.1, 0.15) is 39.5 Å². The summed E-state index contributed by atoms with van der Waals surface area (Å²) in [7, 11) is 0. The van der Waals surface area contributed by atoms with Crippen molar-refractivity contribution in [2.24, 2.45) is 0 Å². The zero-order valence-electron chi connectivity index (χ0n) is 8.14. The molecule has 0 fully saturated rings. The van der Waals surface area contributed by atoms with Crippen molar-refractivity contribution < 1.29 is 0 Å². The summed E-state index contributed by atoms with van der Waals surface area (Å²) in [6.45, 7) is 4.44. The van der Waals surface area contributed by atoms with Crippen LogP contribution in [0.3, 0.4) is 0 Å². The van der Waals surface area contributed by atoms with E-state index in [-0.39, 0.29) is 0 Å². The van der Waals surface area contributed by atoms with Crippen LogP contribution in [0.15, 0.2) is 35.5 Å². The molecule has 0 aromatic heterocycles. The van der Waals surface area contributed by atoms with E-state index in [9.17, 15) is 0 Å². The lowest BCUT2D eigenvalue weighted by Crippen LogP contribution is -1.84. The Morgan fingerprint density at radius 3 is 2.75 bits per heavy atom. The van der Waals surface area contributed by atoms with Crippen LogP contribution in [0.25, 0.3) is 0 Å². The Kier molecular flexibility index (Phi) is 3.86. The summed E-state index contributed by atoms with van der Waals surface area (Å²) < 4.78 is 0. The van der Waals surface area contributed by atoms with E-state index >= 15 is 0 Å². The van der Waals surface area contributed by atoms with Crippen molar-refractivity contribution >= 4 is 0 Å². The minimum absolute atomic E-state index is 1.23. The zero-order chi connectivity index (χ0) is 8.81. The summed E-state index contributed by atoms with van der Waals surface area (Å²) in [5.74, 6) is 0. The quantitative estimate of drug-likeness (QED) is 0.505. The number of hydrogen-bond acceptors (Lipinski definition) is 0. The Morgan fingerprint density at radius 2 is 1.92 bits per heavy atom. The topological polar surface area (TPSA) is 0 Å². The Labute approximate surface area is 75.7 Å². The molecule has 0 bridgehead atoms. The fraction of sp³-hybridized carbons (Fsp3) is 0.500. The summed E-state index contributed by atoms with van der Waals surface area (Å²) in [6.07, 6.45) is 13.9. The zero-order valence-corrected chi connectivity index (χ0v) is 8.14. The molecule has 1 rings (SSSR count). The van der Waals surface area contributed by atoms with E-state index in [1.165, 1.54) is 31.3 Å². The van der Waals surface area contributed by atoms with Crippen LogP contribution in [-0.2, 0) is 0 Å². The average Bonchev–Trinajstić information content (AvgIpc) is 2.08. The van der Waals surface area contributed by atoms with Crippen molar-refractivity contribution in [3.05, 3.63) is 35.5 Å². The van der Waals surface area contributed by atoms with E-state index in [0.29, 0.717) is 0 Å². The predicted octanol–water partition coefficient (Wildman–Crippen LogP) is 4.01. The minimum atomic E-state index is 1.23. The van der Waals surface area contributed by atoms with Crippen molar-refractivity contribution in [2.45, 2.75) is 39.5 Å². The van der Waals surface area contributed by atoms with Crippen molar-refractivity contribution in [3.63, 3.8) is 0 Å². The van der Waals surface area contributed by atoms with E-state index < -0.39 is 0 Å². The molecule has 0 aromatic rings. The monoisotopic (exact) mass is 162 g/mol. The van der Waals surface area contributed by atoms with Gasteiger partial charge >= 0.3 is 0 Å². The summed E-state index contributed by atoms with van der Waals surface area (Å²) in [5.41, 5.74) is 2.98. The first kappa shape index (κ1) is 9.31. The van der Waals surface area contributed by atoms with E-state index in [2.05, 4.69) is 38.2 Å². The van der Waals surface area contributed by atoms with Gasteiger partial charge in [-0.1, -0.05) is 35.5 Å². The fourth-order valence-electron chi connectivity index (χ4n) is 1.37. The molecule has 0 radical (unpaired) electrons. The molecule has 1 aliphatic rings. The second kappa shape index (κ2) is 4.97. The maximum atomic E-state index is 2.25. The van der Waals surface area contributed by atoms with Gasteiger partial charge in [0.25, 0.3) is 0 Å². The van der Waals surface area contributed by atoms with Gasteiger partial charge in [0.15, 0.2) is 0 Å². The third-order valence-corrected chi connectivity index (χ3v) is 2.44. The van der Waals surface area contributed by atoms with Gasteiger partial charge in [-0.15, -0.1) is 0 Å². The van der Waals surface area contributed by atoms with E-state index in [4.69, 9.17) is 0 Å². The molecule has 0 nitrogen and oxygen atoms in total. The molecule has 0 amide bonds. The van der Waals surface area contributed by atoms with Crippen molar-refractivity contribution in [2.75, 3.05) is 0 Å². The maximum Gasteiger partial charge on any atom is -0.0317 e. The number of hydrogen-bond donors (Lipinski definition) is 0. The third-order valence-electron chi connectivity index (χ3n) is 2.44. The van der Waals surface area contributed by atoms with Crippen LogP contribution in [0, 0.1) is 0 Å². The van der Waals surface area contributed by atoms with Gasteiger partial charge in [-0.2, -0.15) is 0 Å². The highest BCUT2D eigenvalue weighted by atomic mass is 14.0. The van der Waals surface area contributed by atoms with Crippen molar-refractivity contribution in [1.29, 1.82) is 0 Å². The lowest BCUT2D eigenvalue weighted by atomic mass is 10.0. The molecule has 0 N–H and O–H groups in total. The normalized spacial score (nSPS) is 19.8. The van der Waals surface area contributed by atoms with Gasteiger partial charge in [0.05, 0.1) is 0 Å². The molecular weight excluding hydrogens is 144 g/mol. The summed E-state index contributed by atoms with van der Waals surface area (Å²) in [4.78, 5) is 0. The SMILES string of the molecule is CC1=C(C)CCCCC=CC=C1. The lowest BCUT2D eigenvalue weighted by Gasteiger charge is -2.04. The molecule has 0 aliphatic heterocycles. The molecule has 0 saturated carbocycles. The first-order valence-electron chi connectivity index (χ1n) is 4.80. The molecular formula is C12H18. The van der Waals surface area contributed by atoms with Crippen LogP contribution in [-0.4, -0.2) is 0 Å². The van der Waals surface area contributed by atoms with E-state index in [1.54, 1.807) is 5.57 Å². The van der Waals surface area contributed by atoms with Crippen LogP contribution in [0.4, 0.5) is 0 Å². The molecule has 0 saturated heterocycles. The van der Waals surface area contributed by atoms with Crippen LogP contribution in [0.5, 0.6) is 0 Å². The Bertz CT molecular complexity index is 216. The van der Waals surface area contributed by atoms with Crippen LogP contribution >= 0.6 is 0 Å². The highest BCUT2D eigenvalue weighted by Gasteiger charge is 1.94. The summed E-state index contributed by atoms with van der Waals surface area (Å²) >= 11 is 0. The molecule has 12 heavy (non-hydrogen) atoms. The standard InChI is InChI=1S/C12H18/c1-11-9-7-5-3-4-6-8-10-12(11)2/h3,5,7,9H,4,6,8,10H2,1-2H3. The smallest absolute Gasteiger partial charge is 0.0317 e. The average molecular weight is 162 g/mol. The molecule has 0 heteroatoms. The first-order chi connectivity index (χ1) is 5.80. The molecule has 1 aliphatic carbocycles. The molecule has 0 spiro atoms.